The monoisotopic (exact) mass is 359 g/mol. The number of likely N-dealkylation sites (N-methyl/N-ethyl adjacent to an activating group) is 1. The number of hydrogen-bond acceptors (Lipinski definition) is 3. The maximum Gasteiger partial charge on any atom is 0.244 e. The van der Waals surface area contributed by atoms with E-state index in [1.807, 2.05) is 42.5 Å². The Hall–Kier alpha value is -2.37. The van der Waals surface area contributed by atoms with Crippen LogP contribution in [0.5, 0.6) is 0 Å². The lowest BCUT2D eigenvalue weighted by Crippen LogP contribution is -2.37. The normalized spacial score (nSPS) is 14.2. The van der Waals surface area contributed by atoms with Gasteiger partial charge in [0.2, 0.25) is 11.8 Å². The average molecular weight is 360 g/mol. The van der Waals surface area contributed by atoms with Crippen LogP contribution < -0.4 is 16.0 Å². The first kappa shape index (κ1) is 19.0. The highest BCUT2D eigenvalue weighted by Gasteiger charge is 2.45. The van der Waals surface area contributed by atoms with E-state index in [0.29, 0.717) is 12.1 Å². The quantitative estimate of drug-likeness (QED) is 0.861. The van der Waals surface area contributed by atoms with Crippen LogP contribution in [0.3, 0.4) is 0 Å². The predicted octanol–water partition coefficient (Wildman–Crippen LogP) is 2.74. The molecule has 1 aliphatic rings. The van der Waals surface area contributed by atoms with Crippen molar-refractivity contribution in [3.05, 3.63) is 60.2 Å². The summed E-state index contributed by atoms with van der Waals surface area (Å²) < 4.78 is 0. The number of anilines is 2. The molecule has 0 saturated heterocycles. The van der Waals surface area contributed by atoms with Gasteiger partial charge in [-0.05, 0) is 42.7 Å². The number of nitrogens with zero attached hydrogens (tertiary/aromatic N) is 1. The molecule has 132 valence electrons. The zero-order chi connectivity index (χ0) is 17.2. The van der Waals surface area contributed by atoms with Crippen molar-refractivity contribution in [2.75, 3.05) is 17.3 Å². The van der Waals surface area contributed by atoms with Gasteiger partial charge in [0.1, 0.15) is 0 Å². The molecule has 3 N–H and O–H groups in total. The van der Waals surface area contributed by atoms with Crippen molar-refractivity contribution in [1.29, 1.82) is 0 Å². The molecular weight excluding hydrogens is 338 g/mol. The van der Waals surface area contributed by atoms with Gasteiger partial charge in [-0.1, -0.05) is 30.3 Å². The molecule has 3 rings (SSSR count). The first-order chi connectivity index (χ1) is 11.5. The Balaban J connectivity index is 0.00000225. The molecule has 0 heterocycles. The van der Waals surface area contributed by atoms with Gasteiger partial charge in [-0.25, -0.2) is 0 Å². The smallest absolute Gasteiger partial charge is 0.244 e. The summed E-state index contributed by atoms with van der Waals surface area (Å²) in [5, 5.41) is 2.81. The number of para-hydroxylation sites is 1. The minimum atomic E-state index is -0.687. The number of nitrogens with two attached hydrogens (primary N) is 1. The summed E-state index contributed by atoms with van der Waals surface area (Å²) in [6.45, 7) is 0. The van der Waals surface area contributed by atoms with Crippen molar-refractivity contribution in [3.8, 4) is 0 Å². The molecule has 1 aliphatic carbocycles. The summed E-state index contributed by atoms with van der Waals surface area (Å²) in [6, 6.07) is 16.8. The molecule has 2 amide bonds. The van der Waals surface area contributed by atoms with Crippen molar-refractivity contribution in [1.82, 2.24) is 0 Å². The summed E-state index contributed by atoms with van der Waals surface area (Å²) in [4.78, 5) is 25.9. The molecule has 5 nitrogen and oxygen atoms in total. The van der Waals surface area contributed by atoms with E-state index in [9.17, 15) is 9.59 Å². The lowest BCUT2D eigenvalue weighted by molar-refractivity contribution is -0.118. The van der Waals surface area contributed by atoms with E-state index in [4.69, 9.17) is 5.73 Å². The highest BCUT2D eigenvalue weighted by Crippen LogP contribution is 2.33. The lowest BCUT2D eigenvalue weighted by Gasteiger charge is -2.17. The van der Waals surface area contributed by atoms with E-state index < -0.39 is 5.54 Å². The third-order valence-electron chi connectivity index (χ3n) is 4.33. The number of hydrogen-bond donors (Lipinski definition) is 2. The molecule has 25 heavy (non-hydrogen) atoms. The Morgan fingerprint density at radius 1 is 1.08 bits per heavy atom. The highest BCUT2D eigenvalue weighted by atomic mass is 35.5. The molecule has 2 aromatic rings. The van der Waals surface area contributed by atoms with Gasteiger partial charge in [-0.2, -0.15) is 0 Å². The zero-order valence-electron chi connectivity index (χ0n) is 14.1. The van der Waals surface area contributed by atoms with Crippen LogP contribution >= 0.6 is 12.4 Å². The number of nitrogens with one attached hydrogen (secondary N) is 1. The number of halogens is 1. The van der Waals surface area contributed by atoms with Crippen LogP contribution in [0.1, 0.15) is 18.4 Å². The second-order valence-electron chi connectivity index (χ2n) is 6.27. The first-order valence-electron chi connectivity index (χ1n) is 7.99. The number of rotatable bonds is 5. The second kappa shape index (κ2) is 7.68. The third kappa shape index (κ3) is 4.59. The Labute approximate surface area is 153 Å². The molecule has 0 radical (unpaired) electrons. The van der Waals surface area contributed by atoms with Crippen LogP contribution in [0.15, 0.2) is 54.6 Å². The molecule has 0 bridgehead atoms. The van der Waals surface area contributed by atoms with Gasteiger partial charge < -0.3 is 16.0 Å². The van der Waals surface area contributed by atoms with E-state index in [1.165, 1.54) is 0 Å². The van der Waals surface area contributed by atoms with Gasteiger partial charge in [0.25, 0.3) is 0 Å². The lowest BCUT2D eigenvalue weighted by atomic mass is 10.1. The van der Waals surface area contributed by atoms with Crippen LogP contribution in [0, 0.1) is 0 Å². The second-order valence-corrected chi connectivity index (χ2v) is 6.27. The minimum Gasteiger partial charge on any atom is -0.324 e. The summed E-state index contributed by atoms with van der Waals surface area (Å²) in [6.07, 6.45) is 1.77. The molecule has 6 heteroatoms. The van der Waals surface area contributed by atoms with E-state index >= 15 is 0 Å². The summed E-state index contributed by atoms with van der Waals surface area (Å²) in [7, 11) is 1.77. The molecule has 0 unspecified atom stereocenters. The SMILES string of the molecule is CN(C(=O)Cc1ccc(NC(=O)C2(N)CC2)cc1)c1ccccc1.Cl. The van der Waals surface area contributed by atoms with E-state index in [1.54, 1.807) is 24.1 Å². The first-order valence-corrected chi connectivity index (χ1v) is 7.99. The Bertz CT molecular complexity index is 743. The molecular formula is C19H22ClN3O2. The molecule has 2 aromatic carbocycles. The Morgan fingerprint density at radius 3 is 2.24 bits per heavy atom. The van der Waals surface area contributed by atoms with Crippen molar-refractivity contribution in [3.63, 3.8) is 0 Å². The van der Waals surface area contributed by atoms with Crippen LogP contribution in [0.2, 0.25) is 0 Å². The van der Waals surface area contributed by atoms with Crippen molar-refractivity contribution in [2.24, 2.45) is 5.73 Å². The summed E-state index contributed by atoms with van der Waals surface area (Å²) in [5.74, 6) is -0.132. The van der Waals surface area contributed by atoms with Gasteiger partial charge in [0.05, 0.1) is 12.0 Å². The van der Waals surface area contributed by atoms with Gasteiger partial charge in [-0.15, -0.1) is 12.4 Å². The van der Waals surface area contributed by atoms with E-state index in [0.717, 1.165) is 24.1 Å². The Morgan fingerprint density at radius 2 is 1.68 bits per heavy atom. The molecule has 1 saturated carbocycles. The number of benzene rings is 2. The Kier molecular flexibility index (Phi) is 5.82. The summed E-state index contributed by atoms with van der Waals surface area (Å²) in [5.41, 5.74) is 7.63. The number of carbonyl (C=O) groups is 2. The third-order valence-corrected chi connectivity index (χ3v) is 4.33. The molecule has 0 spiro atoms. The fourth-order valence-corrected chi connectivity index (χ4v) is 2.41. The largest absolute Gasteiger partial charge is 0.324 e. The minimum absolute atomic E-state index is 0. The van der Waals surface area contributed by atoms with Crippen molar-refractivity contribution < 1.29 is 9.59 Å². The predicted molar refractivity (Wildman–Crippen MR) is 102 cm³/mol. The standard InChI is InChI=1S/C19H21N3O2.ClH/c1-22(16-5-3-2-4-6-16)17(23)13-14-7-9-15(10-8-14)21-18(24)19(20)11-12-19;/h2-10H,11-13,20H2,1H3,(H,21,24);1H. The topological polar surface area (TPSA) is 75.4 Å². The fraction of sp³-hybridized carbons (Fsp3) is 0.263. The molecule has 0 atom stereocenters. The average Bonchev–Trinajstić information content (AvgIpc) is 3.35. The van der Waals surface area contributed by atoms with Gasteiger partial charge >= 0.3 is 0 Å². The van der Waals surface area contributed by atoms with Gasteiger partial charge in [0, 0.05) is 18.4 Å². The summed E-state index contributed by atoms with van der Waals surface area (Å²) >= 11 is 0. The van der Waals surface area contributed by atoms with Gasteiger partial charge in [-0.3, -0.25) is 9.59 Å². The van der Waals surface area contributed by atoms with E-state index in [2.05, 4.69) is 5.32 Å². The highest BCUT2D eigenvalue weighted by molar-refractivity contribution is 6.00. The number of carbonyl (C=O) groups excluding carboxylic acids is 2. The van der Waals surface area contributed by atoms with E-state index in [-0.39, 0.29) is 24.2 Å². The van der Waals surface area contributed by atoms with Crippen LogP contribution in [0.4, 0.5) is 11.4 Å². The molecule has 1 fully saturated rings. The maximum absolute atomic E-state index is 12.4. The van der Waals surface area contributed by atoms with Crippen molar-refractivity contribution in [2.45, 2.75) is 24.8 Å². The van der Waals surface area contributed by atoms with Crippen LogP contribution in [0.25, 0.3) is 0 Å². The van der Waals surface area contributed by atoms with Crippen molar-refractivity contribution >= 4 is 35.6 Å². The van der Waals surface area contributed by atoms with Crippen LogP contribution in [-0.4, -0.2) is 24.4 Å². The maximum atomic E-state index is 12.4. The van der Waals surface area contributed by atoms with Crippen LogP contribution in [-0.2, 0) is 16.0 Å². The molecule has 0 aromatic heterocycles. The van der Waals surface area contributed by atoms with Gasteiger partial charge in [0.15, 0.2) is 0 Å². The molecule has 0 aliphatic heterocycles. The number of amides is 2. The fourth-order valence-electron chi connectivity index (χ4n) is 2.41. The zero-order valence-corrected chi connectivity index (χ0v) is 14.9.